The summed E-state index contributed by atoms with van der Waals surface area (Å²) in [5.41, 5.74) is -5.84. The van der Waals surface area contributed by atoms with Gasteiger partial charge in [-0.2, -0.15) is 26.3 Å². The third kappa shape index (κ3) is 7.87. The molecule has 1 fully saturated rings. The van der Waals surface area contributed by atoms with Gasteiger partial charge in [0.1, 0.15) is 23.0 Å². The molecular weight excluding hydrogens is 644 g/mol. The number of nitrogens with zero attached hydrogens (tertiary/aromatic N) is 2. The Morgan fingerprint density at radius 2 is 1.69 bits per heavy atom. The van der Waals surface area contributed by atoms with Crippen LogP contribution in [0, 0.1) is 0 Å². The number of rotatable bonds is 13. The first kappa shape index (κ1) is 36.9. The molecule has 2 aromatic carbocycles. The Morgan fingerprint density at radius 3 is 2.27 bits per heavy atom. The second-order valence-electron chi connectivity index (χ2n) is 12.1. The maximum atomic E-state index is 13.5. The first-order chi connectivity index (χ1) is 22.4. The zero-order chi connectivity index (χ0) is 35.5. The number of hydrogen-bond donors (Lipinski definition) is 2. The average molecular weight is 684 g/mol. The predicted molar refractivity (Wildman–Crippen MR) is 165 cm³/mol. The van der Waals surface area contributed by atoms with E-state index in [-0.39, 0.29) is 59.8 Å². The number of aliphatic hydroxyl groups is 1. The molecule has 4 rings (SSSR count). The fourth-order valence-corrected chi connectivity index (χ4v) is 5.52. The van der Waals surface area contributed by atoms with Crippen molar-refractivity contribution in [2.75, 3.05) is 26.4 Å². The number of ketones is 1. The number of ether oxygens (including phenoxy) is 3. The van der Waals surface area contributed by atoms with E-state index in [0.29, 0.717) is 37.5 Å². The molecule has 1 aliphatic heterocycles. The van der Waals surface area contributed by atoms with E-state index in [1.165, 1.54) is 18.2 Å². The zero-order valence-corrected chi connectivity index (χ0v) is 27.3. The van der Waals surface area contributed by atoms with Crippen LogP contribution in [0.3, 0.4) is 0 Å². The Bertz CT molecular complexity index is 1560. The third-order valence-electron chi connectivity index (χ3n) is 7.87. The SMILES string of the molecule is CCCc1cc(C(O)(C(F)(F)F)C(F)(F)F)ccc1Oc1ccc(C(=O)CN2CNC(C)(c3ccc(OC(C)C)cn3)C2)c(OCC)c1. The Balaban J connectivity index is 1.53. The minimum absolute atomic E-state index is 0.00587. The van der Waals surface area contributed by atoms with Gasteiger partial charge in [0.25, 0.3) is 5.60 Å². The zero-order valence-electron chi connectivity index (χ0n) is 27.3. The van der Waals surface area contributed by atoms with E-state index in [0.717, 1.165) is 11.8 Å². The fraction of sp³-hybridized carbons (Fsp3) is 0.471. The quantitative estimate of drug-likeness (QED) is 0.144. The van der Waals surface area contributed by atoms with Crippen molar-refractivity contribution in [3.05, 3.63) is 77.1 Å². The number of Topliss-reactive ketones (excluding diaryl/α,β-unsaturated/α-hetero) is 1. The highest BCUT2D eigenvalue weighted by atomic mass is 19.4. The third-order valence-corrected chi connectivity index (χ3v) is 7.87. The van der Waals surface area contributed by atoms with Gasteiger partial charge in [0.2, 0.25) is 0 Å². The molecule has 48 heavy (non-hydrogen) atoms. The van der Waals surface area contributed by atoms with Crippen molar-refractivity contribution in [1.29, 1.82) is 0 Å². The summed E-state index contributed by atoms with van der Waals surface area (Å²) in [6.07, 6.45) is -9.91. The fourth-order valence-electron chi connectivity index (χ4n) is 5.52. The van der Waals surface area contributed by atoms with Gasteiger partial charge in [-0.05, 0) is 76.1 Å². The van der Waals surface area contributed by atoms with Gasteiger partial charge >= 0.3 is 12.4 Å². The summed E-state index contributed by atoms with van der Waals surface area (Å²) >= 11 is 0. The highest BCUT2D eigenvalue weighted by molar-refractivity contribution is 6.00. The highest BCUT2D eigenvalue weighted by Crippen LogP contribution is 2.50. The molecule has 14 heteroatoms. The lowest BCUT2D eigenvalue weighted by Gasteiger charge is -2.33. The molecule has 3 aromatic rings. The number of benzene rings is 2. The summed E-state index contributed by atoms with van der Waals surface area (Å²) in [6.45, 7) is 10.4. The lowest BCUT2D eigenvalue weighted by atomic mass is 9.90. The number of nitrogens with one attached hydrogen (secondary N) is 1. The lowest BCUT2D eigenvalue weighted by Crippen LogP contribution is -2.53. The minimum atomic E-state index is -6.01. The molecule has 1 saturated heterocycles. The number of aryl methyl sites for hydroxylation is 1. The maximum Gasteiger partial charge on any atom is 0.430 e. The van der Waals surface area contributed by atoms with Crippen LogP contribution < -0.4 is 19.5 Å². The number of alkyl halides is 6. The summed E-state index contributed by atoms with van der Waals surface area (Å²) in [6, 6.07) is 10.3. The number of aromatic nitrogens is 1. The van der Waals surface area contributed by atoms with Gasteiger partial charge in [-0.3, -0.25) is 20.0 Å². The molecule has 0 radical (unpaired) electrons. The second kappa shape index (κ2) is 14.3. The Hall–Kier alpha value is -3.88. The summed E-state index contributed by atoms with van der Waals surface area (Å²) in [4.78, 5) is 19.9. The number of carbonyl (C=O) groups excluding carboxylic acids is 1. The van der Waals surface area contributed by atoms with Crippen LogP contribution in [0.5, 0.6) is 23.0 Å². The number of hydrogen-bond acceptors (Lipinski definition) is 8. The maximum absolute atomic E-state index is 13.5. The van der Waals surface area contributed by atoms with Crippen molar-refractivity contribution in [3.63, 3.8) is 0 Å². The molecule has 1 aliphatic rings. The monoisotopic (exact) mass is 683 g/mol. The van der Waals surface area contributed by atoms with Gasteiger partial charge in [0.15, 0.2) is 5.78 Å². The van der Waals surface area contributed by atoms with E-state index < -0.39 is 29.1 Å². The highest BCUT2D eigenvalue weighted by Gasteiger charge is 2.71. The normalized spacial score (nSPS) is 17.5. The Kier molecular flexibility index (Phi) is 11.0. The number of carbonyl (C=O) groups is 1. The van der Waals surface area contributed by atoms with Crippen molar-refractivity contribution >= 4 is 5.78 Å². The van der Waals surface area contributed by atoms with Crippen molar-refractivity contribution < 1.29 is 50.5 Å². The standard InChI is InChI=1S/C34H39F6N3O5/c1-6-8-22-15-23(32(45,33(35,36)37)34(38,39)40)9-13-28(22)48-24-10-12-26(29(16-24)46-7-2)27(44)18-43-19-31(5,42-20-43)30-14-11-25(17-41-30)47-21(3)4/h9-17,21,42,45H,6-8,18-20H2,1-5H3. The number of pyridine rings is 1. The van der Waals surface area contributed by atoms with Gasteiger partial charge in [0, 0.05) is 24.8 Å². The van der Waals surface area contributed by atoms with Crippen LogP contribution in [-0.4, -0.2) is 65.6 Å². The van der Waals surface area contributed by atoms with Crippen LogP contribution in [0.1, 0.15) is 68.2 Å². The molecule has 1 aromatic heterocycles. The minimum Gasteiger partial charge on any atom is -0.493 e. The van der Waals surface area contributed by atoms with Crippen LogP contribution in [0.25, 0.3) is 0 Å². The summed E-state index contributed by atoms with van der Waals surface area (Å²) < 4.78 is 98.3. The topological polar surface area (TPSA) is 93.2 Å². The first-order valence-electron chi connectivity index (χ1n) is 15.5. The van der Waals surface area contributed by atoms with E-state index in [9.17, 15) is 36.2 Å². The van der Waals surface area contributed by atoms with Gasteiger partial charge < -0.3 is 19.3 Å². The Labute approximate surface area is 275 Å². The molecule has 8 nitrogen and oxygen atoms in total. The van der Waals surface area contributed by atoms with Gasteiger partial charge in [0.05, 0.1) is 42.2 Å². The lowest BCUT2D eigenvalue weighted by molar-refractivity contribution is -0.376. The summed E-state index contributed by atoms with van der Waals surface area (Å²) in [5.74, 6) is 0.766. The molecule has 0 amide bonds. The molecule has 1 unspecified atom stereocenters. The molecule has 262 valence electrons. The average Bonchev–Trinajstić information content (AvgIpc) is 3.38. The van der Waals surface area contributed by atoms with Gasteiger partial charge in [-0.1, -0.05) is 19.4 Å². The van der Waals surface area contributed by atoms with E-state index in [1.807, 2.05) is 37.8 Å². The van der Waals surface area contributed by atoms with E-state index in [4.69, 9.17) is 14.2 Å². The first-order valence-corrected chi connectivity index (χ1v) is 15.5. The largest absolute Gasteiger partial charge is 0.493 e. The van der Waals surface area contributed by atoms with E-state index >= 15 is 0 Å². The van der Waals surface area contributed by atoms with E-state index in [2.05, 4.69) is 10.3 Å². The van der Waals surface area contributed by atoms with Crippen LogP contribution in [0.2, 0.25) is 0 Å². The second-order valence-corrected chi connectivity index (χ2v) is 12.1. The smallest absolute Gasteiger partial charge is 0.430 e. The molecule has 1 atom stereocenters. The van der Waals surface area contributed by atoms with Crippen LogP contribution >= 0.6 is 0 Å². The molecule has 2 N–H and O–H groups in total. The van der Waals surface area contributed by atoms with Crippen LogP contribution in [0.15, 0.2) is 54.7 Å². The summed E-state index contributed by atoms with van der Waals surface area (Å²) in [5, 5.41) is 13.3. The summed E-state index contributed by atoms with van der Waals surface area (Å²) in [7, 11) is 0. The molecule has 0 saturated carbocycles. The van der Waals surface area contributed by atoms with Crippen molar-refractivity contribution in [3.8, 4) is 23.0 Å². The molecular formula is C34H39F6N3O5. The van der Waals surface area contributed by atoms with Crippen molar-refractivity contribution in [2.45, 2.75) is 77.1 Å². The van der Waals surface area contributed by atoms with E-state index in [1.54, 1.807) is 20.0 Å². The van der Waals surface area contributed by atoms with Gasteiger partial charge in [-0.15, -0.1) is 0 Å². The number of halogens is 6. The van der Waals surface area contributed by atoms with Crippen molar-refractivity contribution in [1.82, 2.24) is 15.2 Å². The van der Waals surface area contributed by atoms with Gasteiger partial charge in [-0.25, -0.2) is 0 Å². The Morgan fingerprint density at radius 1 is 1.00 bits per heavy atom. The molecule has 2 heterocycles. The molecule has 0 aliphatic carbocycles. The molecule has 0 bridgehead atoms. The van der Waals surface area contributed by atoms with Crippen molar-refractivity contribution in [2.24, 2.45) is 0 Å². The molecule has 0 spiro atoms. The van der Waals surface area contributed by atoms with Crippen LogP contribution in [0.4, 0.5) is 26.3 Å². The van der Waals surface area contributed by atoms with Crippen LogP contribution in [-0.2, 0) is 17.6 Å². The predicted octanol–water partition coefficient (Wildman–Crippen LogP) is 7.29.